The molecule has 3 aromatic rings. The molecule has 3 amide bonds. The number of carbonyl (C=O) groups excluding carboxylic acids is 3. The average molecular weight is 594 g/mol. The summed E-state index contributed by atoms with van der Waals surface area (Å²) >= 11 is 0. The molecule has 2 atom stereocenters. The number of halogens is 3. The molecule has 3 heterocycles. The van der Waals surface area contributed by atoms with Crippen LogP contribution in [0.4, 0.5) is 20.3 Å². The first-order valence-electron chi connectivity index (χ1n) is 14.0. The highest BCUT2D eigenvalue weighted by atomic mass is 35.5. The van der Waals surface area contributed by atoms with Gasteiger partial charge in [0, 0.05) is 30.1 Å². The molecule has 2 aliphatic heterocycles. The quantitative estimate of drug-likeness (QED) is 0.421. The summed E-state index contributed by atoms with van der Waals surface area (Å²) in [6.07, 6.45) is 5.80. The third-order valence-electron chi connectivity index (χ3n) is 9.19. The molecule has 1 saturated heterocycles. The molecule has 0 unspecified atom stereocenters. The molecule has 4 aliphatic rings. The molecule has 3 N–H and O–H groups in total. The Labute approximate surface area is 247 Å². The molecule has 42 heavy (non-hydrogen) atoms. The van der Waals surface area contributed by atoms with Crippen LogP contribution in [-0.2, 0) is 32.6 Å². The van der Waals surface area contributed by atoms with Crippen LogP contribution in [0.1, 0.15) is 54.0 Å². The Morgan fingerprint density at radius 3 is 2.52 bits per heavy atom. The number of pyridine rings is 1. The summed E-state index contributed by atoms with van der Waals surface area (Å²) < 4.78 is 28.2. The van der Waals surface area contributed by atoms with Crippen molar-refractivity contribution in [3.8, 4) is 0 Å². The molecular weight excluding hydrogens is 564 g/mol. The van der Waals surface area contributed by atoms with Crippen molar-refractivity contribution in [1.82, 2.24) is 15.2 Å². The maximum absolute atomic E-state index is 14.1. The van der Waals surface area contributed by atoms with Gasteiger partial charge in [0.25, 0.3) is 0 Å². The molecule has 0 bridgehead atoms. The van der Waals surface area contributed by atoms with Gasteiger partial charge in [0.05, 0.1) is 17.0 Å². The SMILES string of the molecule is Cl.O=C(CN1C(=O)C2(CCCC2)NC[C@H]1c1cc(F)cc(F)c1)Nc1ccc2c(c1)C[C@@]1(C2)C(=O)Nc2ncccc21. The van der Waals surface area contributed by atoms with Crippen LogP contribution in [0.5, 0.6) is 0 Å². The van der Waals surface area contributed by atoms with E-state index in [9.17, 15) is 23.2 Å². The normalized spacial score (nSPS) is 23.5. The van der Waals surface area contributed by atoms with Crippen molar-refractivity contribution in [2.75, 3.05) is 23.7 Å². The number of piperazine rings is 1. The van der Waals surface area contributed by atoms with Crippen LogP contribution in [0, 0.1) is 11.6 Å². The molecule has 1 saturated carbocycles. The number of carbonyl (C=O) groups is 3. The standard InChI is InChI=1S/C31H29F2N5O3.ClH/c32-21-10-19(11-22(33)13-21)25-16-35-31(7-1-2-8-31)29(41)38(25)17-26(39)36-23-6-5-18-14-30(15-20(18)12-23)24-4-3-9-34-27(24)37-28(30)40;/h3-6,9-13,25,35H,1-2,7-8,14-17H2,(H,36,39)(H,34,37,40);1H/t25-,30+;/m0./s1. The molecule has 2 aliphatic carbocycles. The zero-order chi connectivity index (χ0) is 28.4. The summed E-state index contributed by atoms with van der Waals surface area (Å²) in [6.45, 7) is 0.0365. The summed E-state index contributed by atoms with van der Waals surface area (Å²) in [4.78, 5) is 45.9. The largest absolute Gasteiger partial charge is 0.325 e. The van der Waals surface area contributed by atoms with E-state index in [1.54, 1.807) is 12.3 Å². The predicted octanol–water partition coefficient (Wildman–Crippen LogP) is 4.19. The number of nitrogens with one attached hydrogen (secondary N) is 3. The number of fused-ring (bicyclic) bond motifs is 3. The smallest absolute Gasteiger partial charge is 0.244 e. The minimum atomic E-state index is -0.752. The van der Waals surface area contributed by atoms with Crippen LogP contribution in [0.25, 0.3) is 0 Å². The summed E-state index contributed by atoms with van der Waals surface area (Å²) in [7, 11) is 0. The maximum Gasteiger partial charge on any atom is 0.244 e. The van der Waals surface area contributed by atoms with E-state index in [0.29, 0.717) is 49.3 Å². The lowest BCUT2D eigenvalue weighted by atomic mass is 9.79. The average Bonchev–Trinajstić information content (AvgIpc) is 3.63. The van der Waals surface area contributed by atoms with Gasteiger partial charge in [-0.2, -0.15) is 0 Å². The molecule has 11 heteroatoms. The van der Waals surface area contributed by atoms with Gasteiger partial charge in [0.2, 0.25) is 17.7 Å². The molecular formula is C31H30ClF2N5O3. The Hall–Kier alpha value is -3.89. The molecule has 218 valence electrons. The van der Waals surface area contributed by atoms with Gasteiger partial charge in [-0.25, -0.2) is 13.8 Å². The Morgan fingerprint density at radius 2 is 1.76 bits per heavy atom. The first-order valence-corrected chi connectivity index (χ1v) is 14.0. The van der Waals surface area contributed by atoms with Gasteiger partial charge in [0.15, 0.2) is 0 Å². The number of amides is 3. The Balaban J connectivity index is 0.00000316. The number of hydrogen-bond acceptors (Lipinski definition) is 5. The summed E-state index contributed by atoms with van der Waals surface area (Å²) in [5, 5.41) is 9.15. The molecule has 7 rings (SSSR count). The van der Waals surface area contributed by atoms with Crippen LogP contribution in [0.15, 0.2) is 54.7 Å². The first-order chi connectivity index (χ1) is 19.8. The van der Waals surface area contributed by atoms with E-state index in [1.807, 2.05) is 24.3 Å². The first kappa shape index (κ1) is 28.2. The van der Waals surface area contributed by atoms with Crippen molar-refractivity contribution in [1.29, 1.82) is 0 Å². The topological polar surface area (TPSA) is 103 Å². The van der Waals surface area contributed by atoms with Crippen molar-refractivity contribution in [3.05, 3.63) is 88.6 Å². The zero-order valence-electron chi connectivity index (χ0n) is 22.7. The number of aromatic nitrogens is 1. The third-order valence-corrected chi connectivity index (χ3v) is 9.19. The van der Waals surface area contributed by atoms with Gasteiger partial charge in [-0.3, -0.25) is 14.4 Å². The fraction of sp³-hybridized carbons (Fsp3) is 0.355. The third kappa shape index (κ3) is 4.53. The van der Waals surface area contributed by atoms with Crippen LogP contribution in [0.2, 0.25) is 0 Å². The van der Waals surface area contributed by atoms with Crippen LogP contribution < -0.4 is 16.0 Å². The van der Waals surface area contributed by atoms with Crippen LogP contribution in [-0.4, -0.2) is 46.2 Å². The van der Waals surface area contributed by atoms with E-state index in [0.717, 1.165) is 35.6 Å². The highest BCUT2D eigenvalue weighted by Crippen LogP contribution is 2.47. The lowest BCUT2D eigenvalue weighted by Gasteiger charge is -2.45. The summed E-state index contributed by atoms with van der Waals surface area (Å²) in [5.74, 6) is -1.58. The van der Waals surface area contributed by atoms with E-state index >= 15 is 0 Å². The monoisotopic (exact) mass is 593 g/mol. The van der Waals surface area contributed by atoms with Crippen molar-refractivity contribution in [2.24, 2.45) is 0 Å². The number of anilines is 2. The van der Waals surface area contributed by atoms with E-state index in [-0.39, 0.29) is 30.8 Å². The zero-order valence-corrected chi connectivity index (χ0v) is 23.5. The molecule has 2 spiro atoms. The highest BCUT2D eigenvalue weighted by Gasteiger charge is 2.51. The van der Waals surface area contributed by atoms with Crippen LogP contribution >= 0.6 is 12.4 Å². The maximum atomic E-state index is 14.1. The molecule has 0 radical (unpaired) electrons. The highest BCUT2D eigenvalue weighted by molar-refractivity contribution is 6.06. The minimum Gasteiger partial charge on any atom is -0.325 e. The number of benzene rings is 2. The van der Waals surface area contributed by atoms with Crippen molar-refractivity contribution < 1.29 is 23.2 Å². The second-order valence-electron chi connectivity index (χ2n) is 11.6. The van der Waals surface area contributed by atoms with E-state index in [2.05, 4.69) is 20.9 Å². The van der Waals surface area contributed by atoms with Crippen molar-refractivity contribution >= 4 is 41.6 Å². The Morgan fingerprint density at radius 1 is 1.02 bits per heavy atom. The lowest BCUT2D eigenvalue weighted by Crippen LogP contribution is -2.64. The van der Waals surface area contributed by atoms with Gasteiger partial charge < -0.3 is 20.9 Å². The molecule has 2 aromatic carbocycles. The lowest BCUT2D eigenvalue weighted by molar-refractivity contribution is -0.147. The molecule has 2 fully saturated rings. The molecule has 1 aromatic heterocycles. The summed E-state index contributed by atoms with van der Waals surface area (Å²) in [5.41, 5.74) is 2.26. The Kier molecular flexibility index (Phi) is 7.01. The second-order valence-corrected chi connectivity index (χ2v) is 11.6. The minimum absolute atomic E-state index is 0. The van der Waals surface area contributed by atoms with E-state index in [4.69, 9.17) is 0 Å². The fourth-order valence-electron chi connectivity index (χ4n) is 7.21. The van der Waals surface area contributed by atoms with Crippen molar-refractivity contribution in [3.63, 3.8) is 0 Å². The van der Waals surface area contributed by atoms with Gasteiger partial charge in [0.1, 0.15) is 24.0 Å². The number of rotatable bonds is 4. The van der Waals surface area contributed by atoms with E-state index < -0.39 is 34.5 Å². The Bertz CT molecular complexity index is 1590. The predicted molar refractivity (Wildman–Crippen MR) is 154 cm³/mol. The second kappa shape index (κ2) is 10.4. The summed E-state index contributed by atoms with van der Waals surface area (Å²) in [6, 6.07) is 11.9. The number of nitrogens with zero attached hydrogens (tertiary/aromatic N) is 2. The van der Waals surface area contributed by atoms with Gasteiger partial charge >= 0.3 is 0 Å². The van der Waals surface area contributed by atoms with Gasteiger partial charge in [-0.1, -0.05) is 25.0 Å². The van der Waals surface area contributed by atoms with Gasteiger partial charge in [-0.05, 0) is 72.7 Å². The van der Waals surface area contributed by atoms with Crippen LogP contribution in [0.3, 0.4) is 0 Å². The number of hydrogen-bond donors (Lipinski definition) is 3. The van der Waals surface area contributed by atoms with Crippen molar-refractivity contribution in [2.45, 2.75) is 55.5 Å². The van der Waals surface area contributed by atoms with E-state index in [1.165, 1.54) is 17.0 Å². The molecule has 8 nitrogen and oxygen atoms in total. The fourth-order valence-corrected chi connectivity index (χ4v) is 7.21. The van der Waals surface area contributed by atoms with Gasteiger partial charge in [-0.15, -0.1) is 12.4 Å².